The predicted octanol–water partition coefficient (Wildman–Crippen LogP) is 4.21. The first-order chi connectivity index (χ1) is 8.44. The van der Waals surface area contributed by atoms with E-state index in [2.05, 4.69) is 13.8 Å². The van der Waals surface area contributed by atoms with Gasteiger partial charge in [-0.3, -0.25) is 0 Å². The highest BCUT2D eigenvalue weighted by atomic mass is 35.5. The summed E-state index contributed by atoms with van der Waals surface area (Å²) in [5.74, 6) is 0.317. The minimum Gasteiger partial charge on any atom is -0.389 e. The molecule has 0 aliphatic heterocycles. The van der Waals surface area contributed by atoms with Crippen molar-refractivity contribution in [3.63, 3.8) is 0 Å². The maximum atomic E-state index is 13.8. The highest BCUT2D eigenvalue weighted by molar-refractivity contribution is 6.31. The monoisotopic (exact) mass is 270 g/mol. The van der Waals surface area contributed by atoms with Gasteiger partial charge in [-0.05, 0) is 30.4 Å². The van der Waals surface area contributed by atoms with Gasteiger partial charge in [0.15, 0.2) is 0 Å². The van der Waals surface area contributed by atoms with Crippen LogP contribution in [0.4, 0.5) is 4.39 Å². The maximum Gasteiger partial charge on any atom is 0.127 e. The molecule has 0 heterocycles. The summed E-state index contributed by atoms with van der Waals surface area (Å²) in [5, 5.41) is 11.2. The van der Waals surface area contributed by atoms with E-state index >= 15 is 0 Å². The summed E-state index contributed by atoms with van der Waals surface area (Å²) < 4.78 is 13.8. The molecule has 18 heavy (non-hydrogen) atoms. The molecule has 1 fully saturated rings. The molecule has 0 saturated heterocycles. The van der Waals surface area contributed by atoms with Crippen molar-refractivity contribution in [3.8, 4) is 0 Å². The fourth-order valence-electron chi connectivity index (χ4n) is 2.99. The molecule has 1 N–H and O–H groups in total. The fourth-order valence-corrected chi connectivity index (χ4v) is 3.22. The second-order valence-electron chi connectivity index (χ2n) is 5.64. The van der Waals surface area contributed by atoms with E-state index in [4.69, 9.17) is 11.6 Å². The van der Waals surface area contributed by atoms with Crippen LogP contribution in [0, 0.1) is 17.7 Å². The first-order valence-corrected chi connectivity index (χ1v) is 6.97. The molecule has 1 aliphatic rings. The van der Waals surface area contributed by atoms with Crippen LogP contribution in [0.3, 0.4) is 0 Å². The number of hydrogen-bond acceptors (Lipinski definition) is 1. The number of rotatable bonds is 2. The van der Waals surface area contributed by atoms with Crippen molar-refractivity contribution in [3.05, 3.63) is 34.6 Å². The molecular weight excluding hydrogens is 251 g/mol. The van der Waals surface area contributed by atoms with Gasteiger partial charge >= 0.3 is 0 Å². The van der Waals surface area contributed by atoms with Gasteiger partial charge < -0.3 is 5.11 Å². The molecule has 0 radical (unpaired) electrons. The summed E-state index contributed by atoms with van der Waals surface area (Å²) >= 11 is 6.04. The second-order valence-corrected chi connectivity index (χ2v) is 6.05. The van der Waals surface area contributed by atoms with E-state index in [1.165, 1.54) is 6.07 Å². The summed E-state index contributed by atoms with van der Waals surface area (Å²) in [6.07, 6.45) is 3.16. The lowest BCUT2D eigenvalue weighted by atomic mass is 9.68. The van der Waals surface area contributed by atoms with Crippen molar-refractivity contribution >= 4 is 11.6 Å². The molecule has 3 unspecified atom stereocenters. The van der Waals surface area contributed by atoms with Crippen LogP contribution in [0.1, 0.15) is 38.7 Å². The van der Waals surface area contributed by atoms with Crippen molar-refractivity contribution in [2.75, 3.05) is 0 Å². The van der Waals surface area contributed by atoms with Gasteiger partial charge in [0.05, 0.1) is 5.60 Å². The van der Waals surface area contributed by atoms with Crippen LogP contribution in [0.5, 0.6) is 0 Å². The number of hydrogen-bond donors (Lipinski definition) is 1. The van der Waals surface area contributed by atoms with Gasteiger partial charge in [-0.25, -0.2) is 4.39 Å². The number of halogens is 2. The van der Waals surface area contributed by atoms with Crippen LogP contribution >= 0.6 is 11.6 Å². The molecule has 3 heteroatoms. The average molecular weight is 271 g/mol. The zero-order chi connectivity index (χ0) is 13.3. The van der Waals surface area contributed by atoms with Crippen LogP contribution in [0.25, 0.3) is 0 Å². The van der Waals surface area contributed by atoms with Crippen LogP contribution in [0.2, 0.25) is 5.02 Å². The van der Waals surface area contributed by atoms with Crippen molar-refractivity contribution < 1.29 is 9.50 Å². The van der Waals surface area contributed by atoms with Crippen molar-refractivity contribution in [2.24, 2.45) is 11.8 Å². The summed E-state index contributed by atoms with van der Waals surface area (Å²) in [5.41, 5.74) is -0.383. The molecule has 3 atom stereocenters. The Labute approximate surface area is 113 Å². The topological polar surface area (TPSA) is 20.2 Å². The van der Waals surface area contributed by atoms with E-state index in [9.17, 15) is 9.50 Å². The van der Waals surface area contributed by atoms with E-state index in [-0.39, 0.29) is 11.7 Å². The fraction of sp³-hybridized carbons (Fsp3) is 0.600. The smallest absolute Gasteiger partial charge is 0.127 e. The van der Waals surface area contributed by atoms with E-state index < -0.39 is 5.60 Å². The van der Waals surface area contributed by atoms with Gasteiger partial charge in [0.2, 0.25) is 0 Å². The third kappa shape index (κ3) is 2.55. The van der Waals surface area contributed by atoms with E-state index in [1.807, 2.05) is 0 Å². The number of benzene rings is 1. The lowest BCUT2D eigenvalue weighted by Crippen LogP contribution is -2.45. The molecule has 1 saturated carbocycles. The first kappa shape index (κ1) is 13.8. The number of aliphatic hydroxyl groups is 1. The maximum absolute atomic E-state index is 13.8. The minimum absolute atomic E-state index is 0.168. The van der Waals surface area contributed by atoms with Crippen LogP contribution < -0.4 is 0 Å². The van der Waals surface area contributed by atoms with E-state index in [0.717, 1.165) is 19.3 Å². The van der Waals surface area contributed by atoms with Gasteiger partial charge in [0.25, 0.3) is 0 Å². The Balaban J connectivity index is 2.27. The van der Waals surface area contributed by atoms with Gasteiger partial charge in [0, 0.05) is 17.0 Å². The highest BCUT2D eigenvalue weighted by Crippen LogP contribution is 2.40. The molecular formula is C15H20ClFO. The van der Waals surface area contributed by atoms with Crippen molar-refractivity contribution in [2.45, 2.75) is 45.1 Å². The van der Waals surface area contributed by atoms with Gasteiger partial charge in [-0.1, -0.05) is 44.4 Å². The highest BCUT2D eigenvalue weighted by Gasteiger charge is 2.40. The average Bonchev–Trinajstić information content (AvgIpc) is 2.31. The Morgan fingerprint density at radius 3 is 2.83 bits per heavy atom. The minimum atomic E-state index is -0.830. The predicted molar refractivity (Wildman–Crippen MR) is 72.2 cm³/mol. The molecule has 0 spiro atoms. The Kier molecular flexibility index (Phi) is 3.98. The third-order valence-corrected chi connectivity index (χ3v) is 4.87. The van der Waals surface area contributed by atoms with Gasteiger partial charge in [0.1, 0.15) is 5.82 Å². The zero-order valence-corrected chi connectivity index (χ0v) is 11.7. The third-order valence-electron chi connectivity index (χ3n) is 4.51. The molecule has 100 valence electrons. The Hall–Kier alpha value is -0.600. The molecule has 1 aliphatic carbocycles. The van der Waals surface area contributed by atoms with E-state index in [1.54, 1.807) is 12.1 Å². The zero-order valence-electron chi connectivity index (χ0n) is 10.9. The second kappa shape index (κ2) is 5.18. The summed E-state index contributed by atoms with van der Waals surface area (Å²) in [6, 6.07) is 4.68. The SMILES string of the molecule is CC1CCCC(O)(Cc2c(F)cccc2Cl)C1C. The Morgan fingerprint density at radius 2 is 2.17 bits per heavy atom. The van der Waals surface area contributed by atoms with Crippen LogP contribution in [0.15, 0.2) is 18.2 Å². The summed E-state index contributed by atoms with van der Waals surface area (Å²) in [6.45, 7) is 4.20. The molecule has 0 aromatic heterocycles. The summed E-state index contributed by atoms with van der Waals surface area (Å²) in [7, 11) is 0. The summed E-state index contributed by atoms with van der Waals surface area (Å²) in [4.78, 5) is 0. The van der Waals surface area contributed by atoms with Crippen molar-refractivity contribution in [1.82, 2.24) is 0 Å². The Morgan fingerprint density at radius 1 is 1.44 bits per heavy atom. The van der Waals surface area contributed by atoms with Crippen LogP contribution in [-0.2, 0) is 6.42 Å². The van der Waals surface area contributed by atoms with Crippen molar-refractivity contribution in [1.29, 1.82) is 0 Å². The van der Waals surface area contributed by atoms with Crippen LogP contribution in [-0.4, -0.2) is 10.7 Å². The van der Waals surface area contributed by atoms with Gasteiger partial charge in [-0.2, -0.15) is 0 Å². The first-order valence-electron chi connectivity index (χ1n) is 6.59. The normalized spacial score (nSPS) is 32.5. The van der Waals surface area contributed by atoms with Gasteiger partial charge in [-0.15, -0.1) is 0 Å². The molecule has 1 nitrogen and oxygen atoms in total. The molecule has 1 aromatic rings. The molecule has 0 bridgehead atoms. The Bertz CT molecular complexity index is 414. The lowest BCUT2D eigenvalue weighted by Gasteiger charge is -2.42. The standard InChI is InChI=1S/C15H20ClFO/c1-10-5-4-8-15(18,11(10)2)9-12-13(16)6-3-7-14(12)17/h3,6-7,10-11,18H,4-5,8-9H2,1-2H3. The molecule has 2 rings (SSSR count). The largest absolute Gasteiger partial charge is 0.389 e. The van der Waals surface area contributed by atoms with E-state index in [0.29, 0.717) is 22.9 Å². The molecule has 0 amide bonds. The quantitative estimate of drug-likeness (QED) is 0.854. The molecule has 1 aromatic carbocycles. The lowest BCUT2D eigenvalue weighted by molar-refractivity contribution is -0.0625.